The third-order valence-electron chi connectivity index (χ3n) is 2.94. The van der Waals surface area contributed by atoms with Gasteiger partial charge in [-0.25, -0.2) is 4.98 Å². The highest BCUT2D eigenvalue weighted by Crippen LogP contribution is 2.23. The minimum absolute atomic E-state index is 0.397. The van der Waals surface area contributed by atoms with Crippen LogP contribution in [-0.4, -0.2) is 11.5 Å². The van der Waals surface area contributed by atoms with E-state index in [0.29, 0.717) is 6.04 Å². The largest absolute Gasteiger partial charge is 0.309 e. The van der Waals surface area contributed by atoms with E-state index in [4.69, 9.17) is 0 Å². The van der Waals surface area contributed by atoms with E-state index in [-0.39, 0.29) is 0 Å². The Balaban J connectivity index is 2.01. The van der Waals surface area contributed by atoms with Crippen molar-refractivity contribution in [1.82, 2.24) is 10.3 Å². The second-order valence-corrected chi connectivity index (χ2v) is 6.70. The van der Waals surface area contributed by atoms with Gasteiger partial charge in [-0.3, -0.25) is 0 Å². The van der Waals surface area contributed by atoms with Gasteiger partial charge in [-0.05, 0) is 37.6 Å². The van der Waals surface area contributed by atoms with E-state index in [9.17, 15) is 0 Å². The summed E-state index contributed by atoms with van der Waals surface area (Å²) in [6.45, 7) is 5.44. The second kappa shape index (κ2) is 7.17. The van der Waals surface area contributed by atoms with Gasteiger partial charge < -0.3 is 5.32 Å². The highest BCUT2D eigenvalue weighted by Gasteiger charge is 2.09. The standard InChI is InChI=1S/C15H19BrN2S/c1-3-7-17-11(2)14-10-18-15(19-14)9-12-5-4-6-13(16)8-12/h4-6,8,10-11,17H,3,7,9H2,1-2H3. The van der Waals surface area contributed by atoms with E-state index in [1.165, 1.54) is 15.4 Å². The van der Waals surface area contributed by atoms with Crippen LogP contribution < -0.4 is 5.32 Å². The molecule has 0 spiro atoms. The molecule has 2 nitrogen and oxygen atoms in total. The minimum Gasteiger partial charge on any atom is -0.309 e. The molecule has 1 unspecified atom stereocenters. The van der Waals surface area contributed by atoms with Crippen molar-refractivity contribution in [2.45, 2.75) is 32.7 Å². The van der Waals surface area contributed by atoms with E-state index in [0.717, 1.165) is 23.9 Å². The lowest BCUT2D eigenvalue weighted by atomic mass is 10.2. The predicted molar refractivity (Wildman–Crippen MR) is 85.8 cm³/mol. The molecule has 0 saturated carbocycles. The number of benzene rings is 1. The van der Waals surface area contributed by atoms with Crippen molar-refractivity contribution in [2.75, 3.05) is 6.54 Å². The molecule has 0 aliphatic heterocycles. The smallest absolute Gasteiger partial charge is 0.0972 e. The molecule has 2 rings (SSSR count). The van der Waals surface area contributed by atoms with Crippen LogP contribution >= 0.6 is 27.3 Å². The summed E-state index contributed by atoms with van der Waals surface area (Å²) in [5.41, 5.74) is 1.30. The highest BCUT2D eigenvalue weighted by atomic mass is 79.9. The Hall–Kier alpha value is -0.710. The van der Waals surface area contributed by atoms with Crippen molar-refractivity contribution in [3.8, 4) is 0 Å². The van der Waals surface area contributed by atoms with E-state index < -0.39 is 0 Å². The van der Waals surface area contributed by atoms with Crippen molar-refractivity contribution in [1.29, 1.82) is 0 Å². The number of nitrogens with one attached hydrogen (secondary N) is 1. The third kappa shape index (κ3) is 4.41. The molecule has 0 amide bonds. The lowest BCUT2D eigenvalue weighted by Crippen LogP contribution is -2.18. The fraction of sp³-hybridized carbons (Fsp3) is 0.400. The topological polar surface area (TPSA) is 24.9 Å². The SMILES string of the molecule is CCCNC(C)c1cnc(Cc2cccc(Br)c2)s1. The number of rotatable bonds is 6. The summed E-state index contributed by atoms with van der Waals surface area (Å²) in [7, 11) is 0. The number of halogens is 1. The number of hydrogen-bond acceptors (Lipinski definition) is 3. The van der Waals surface area contributed by atoms with E-state index in [1.54, 1.807) is 11.3 Å². The summed E-state index contributed by atoms with van der Waals surface area (Å²) in [6.07, 6.45) is 4.07. The van der Waals surface area contributed by atoms with Crippen molar-refractivity contribution in [3.05, 3.63) is 50.4 Å². The average Bonchev–Trinajstić information content (AvgIpc) is 2.84. The molecular formula is C15H19BrN2S. The van der Waals surface area contributed by atoms with Crippen LogP contribution in [0.5, 0.6) is 0 Å². The Bertz CT molecular complexity index is 524. The Morgan fingerprint density at radius 1 is 1.42 bits per heavy atom. The molecule has 1 atom stereocenters. The van der Waals surface area contributed by atoms with Crippen LogP contribution in [0.4, 0.5) is 0 Å². The van der Waals surface area contributed by atoms with Crippen LogP contribution in [0.1, 0.15) is 41.8 Å². The summed E-state index contributed by atoms with van der Waals surface area (Å²) in [5, 5.41) is 4.68. The van der Waals surface area contributed by atoms with Gasteiger partial charge in [0.05, 0.1) is 5.01 Å². The van der Waals surface area contributed by atoms with Gasteiger partial charge in [-0.2, -0.15) is 0 Å². The van der Waals surface area contributed by atoms with Crippen molar-refractivity contribution in [3.63, 3.8) is 0 Å². The average molecular weight is 339 g/mol. The maximum atomic E-state index is 4.53. The lowest BCUT2D eigenvalue weighted by molar-refractivity contribution is 0.577. The summed E-state index contributed by atoms with van der Waals surface area (Å²) >= 11 is 5.31. The number of hydrogen-bond donors (Lipinski definition) is 1. The summed E-state index contributed by atoms with van der Waals surface area (Å²) in [5.74, 6) is 0. The zero-order valence-corrected chi connectivity index (χ0v) is 13.7. The quantitative estimate of drug-likeness (QED) is 0.835. The second-order valence-electron chi connectivity index (χ2n) is 4.64. The van der Waals surface area contributed by atoms with E-state index in [1.807, 2.05) is 12.3 Å². The zero-order valence-electron chi connectivity index (χ0n) is 11.3. The van der Waals surface area contributed by atoms with Gasteiger partial charge >= 0.3 is 0 Å². The molecule has 0 radical (unpaired) electrons. The normalized spacial score (nSPS) is 12.6. The maximum absolute atomic E-state index is 4.53. The molecule has 0 fully saturated rings. The van der Waals surface area contributed by atoms with E-state index >= 15 is 0 Å². The zero-order chi connectivity index (χ0) is 13.7. The molecule has 0 saturated heterocycles. The summed E-state index contributed by atoms with van der Waals surface area (Å²) in [6, 6.07) is 8.81. The Kier molecular flexibility index (Phi) is 5.55. The van der Waals surface area contributed by atoms with Crippen molar-refractivity contribution < 1.29 is 0 Å². The van der Waals surface area contributed by atoms with Crippen LogP contribution in [0.25, 0.3) is 0 Å². The molecular weight excluding hydrogens is 320 g/mol. The first kappa shape index (κ1) is 14.7. The Morgan fingerprint density at radius 2 is 2.26 bits per heavy atom. The molecule has 0 aliphatic rings. The predicted octanol–water partition coefficient (Wildman–Crippen LogP) is 4.56. The van der Waals surface area contributed by atoms with Crippen LogP contribution in [0.15, 0.2) is 34.9 Å². The van der Waals surface area contributed by atoms with Crippen LogP contribution in [0.2, 0.25) is 0 Å². The van der Waals surface area contributed by atoms with Gasteiger partial charge in [-0.1, -0.05) is 35.0 Å². The highest BCUT2D eigenvalue weighted by molar-refractivity contribution is 9.10. The number of aromatic nitrogens is 1. The molecule has 2 aromatic rings. The molecule has 102 valence electrons. The number of nitrogens with zero attached hydrogens (tertiary/aromatic N) is 1. The molecule has 0 bridgehead atoms. The van der Waals surface area contributed by atoms with Gasteiger partial charge in [0.1, 0.15) is 0 Å². The first-order valence-electron chi connectivity index (χ1n) is 6.61. The summed E-state index contributed by atoms with van der Waals surface area (Å²) < 4.78 is 1.12. The van der Waals surface area contributed by atoms with Gasteiger partial charge in [0.2, 0.25) is 0 Å². The van der Waals surface area contributed by atoms with Gasteiger partial charge in [0.25, 0.3) is 0 Å². The number of thiazole rings is 1. The first-order valence-corrected chi connectivity index (χ1v) is 8.22. The van der Waals surface area contributed by atoms with Crippen LogP contribution in [-0.2, 0) is 6.42 Å². The lowest BCUT2D eigenvalue weighted by Gasteiger charge is -2.09. The molecule has 1 N–H and O–H groups in total. The molecule has 1 heterocycles. The molecule has 19 heavy (non-hydrogen) atoms. The fourth-order valence-corrected chi connectivity index (χ4v) is 3.32. The van der Waals surface area contributed by atoms with Gasteiger partial charge in [0.15, 0.2) is 0 Å². The third-order valence-corrected chi connectivity index (χ3v) is 4.62. The Labute approximate surface area is 127 Å². The van der Waals surface area contributed by atoms with Crippen molar-refractivity contribution >= 4 is 27.3 Å². The van der Waals surface area contributed by atoms with Crippen molar-refractivity contribution in [2.24, 2.45) is 0 Å². The van der Waals surface area contributed by atoms with Crippen LogP contribution in [0, 0.1) is 0 Å². The van der Waals surface area contributed by atoms with Gasteiger partial charge in [-0.15, -0.1) is 11.3 Å². The van der Waals surface area contributed by atoms with Gasteiger partial charge in [0, 0.05) is 28.0 Å². The fourth-order valence-electron chi connectivity index (χ4n) is 1.89. The molecule has 0 aliphatic carbocycles. The monoisotopic (exact) mass is 338 g/mol. The molecule has 1 aromatic carbocycles. The molecule has 1 aromatic heterocycles. The maximum Gasteiger partial charge on any atom is 0.0972 e. The Morgan fingerprint density at radius 3 is 3.00 bits per heavy atom. The van der Waals surface area contributed by atoms with E-state index in [2.05, 4.69) is 58.3 Å². The first-order chi connectivity index (χ1) is 9.19. The molecule has 4 heteroatoms. The summed E-state index contributed by atoms with van der Waals surface area (Å²) in [4.78, 5) is 5.85. The van der Waals surface area contributed by atoms with Crippen LogP contribution in [0.3, 0.4) is 0 Å². The minimum atomic E-state index is 0.397.